The summed E-state index contributed by atoms with van der Waals surface area (Å²) in [4.78, 5) is 25.7. The van der Waals surface area contributed by atoms with Crippen molar-refractivity contribution in [2.45, 2.75) is 54.8 Å². The molecule has 0 saturated carbocycles. The van der Waals surface area contributed by atoms with E-state index in [1.165, 1.54) is 64.9 Å². The first-order chi connectivity index (χ1) is 25.3. The number of hydrogen-bond donors (Lipinski definition) is 8. The summed E-state index contributed by atoms with van der Waals surface area (Å²) in [6.07, 6.45) is -9.95. The third kappa shape index (κ3) is 8.92. The second-order valence-electron chi connectivity index (χ2n) is 11.6. The van der Waals surface area contributed by atoms with Gasteiger partial charge >= 0.3 is 11.9 Å². The highest BCUT2D eigenvalue weighted by Crippen LogP contribution is 2.40. The topological polar surface area (TPSA) is 279 Å². The number of phenolic OH excluding ortho intramolecular Hbond substituents is 2. The minimum Gasteiger partial charge on any atom is -0.502 e. The molecule has 2 aliphatic rings. The zero-order chi connectivity index (χ0) is 39.0. The highest BCUT2D eigenvalue weighted by atomic mass is 16.8. The molecule has 2 aliphatic heterocycles. The van der Waals surface area contributed by atoms with Crippen LogP contribution in [0.1, 0.15) is 11.1 Å². The number of phenols is 2. The largest absolute Gasteiger partial charge is 0.502 e. The Hall–Kier alpha value is -4.70. The molecule has 0 bridgehead atoms. The molecule has 2 fully saturated rings. The molecule has 2 aromatic rings. The number of aromatic hydroxyl groups is 2. The standard InChI is InChI=1S/C34H42O19/c1-45-18-9-16(10-19(46-2)26(18)40)5-7-24(38)50-31-23(14-36)49-33(30(44)29(31)43)53-34(15-37)32(28(42)22(13-35)52-34)51-25(39)8-6-17-11-20(47-3)27(41)21(12-17)48-4/h5-12,22-23,28-33,35-37,40-44H,13-15H2,1-4H3/b7-5+,8-6+/t22-,23-,28-,29-,30-,31-,32+,33-,34+/m1/s1. The number of aliphatic hydroxyl groups is 6. The monoisotopic (exact) mass is 754 g/mol. The van der Waals surface area contributed by atoms with Crippen LogP contribution in [0.15, 0.2) is 36.4 Å². The Morgan fingerprint density at radius 3 is 1.57 bits per heavy atom. The van der Waals surface area contributed by atoms with E-state index >= 15 is 0 Å². The number of aliphatic hydroxyl groups excluding tert-OH is 6. The summed E-state index contributed by atoms with van der Waals surface area (Å²) in [5, 5.41) is 83.4. The van der Waals surface area contributed by atoms with Gasteiger partial charge in [-0.05, 0) is 47.5 Å². The van der Waals surface area contributed by atoms with Gasteiger partial charge in [0.05, 0.1) is 41.7 Å². The minimum atomic E-state index is -2.51. The number of carbonyl (C=O) groups is 2. The average molecular weight is 755 g/mol. The molecule has 53 heavy (non-hydrogen) atoms. The first-order valence-corrected chi connectivity index (χ1v) is 15.8. The number of hydrogen-bond acceptors (Lipinski definition) is 19. The van der Waals surface area contributed by atoms with Gasteiger partial charge in [-0.15, -0.1) is 0 Å². The smallest absolute Gasteiger partial charge is 0.331 e. The molecular weight excluding hydrogens is 712 g/mol. The van der Waals surface area contributed by atoms with Crippen LogP contribution in [0.25, 0.3) is 12.2 Å². The Bertz CT molecular complexity index is 1590. The number of carbonyl (C=O) groups excluding carboxylic acids is 2. The van der Waals surface area contributed by atoms with Gasteiger partial charge in [0, 0.05) is 12.2 Å². The molecule has 2 saturated heterocycles. The Kier molecular flexibility index (Phi) is 13.9. The average Bonchev–Trinajstić information content (AvgIpc) is 3.42. The first kappa shape index (κ1) is 41.1. The number of methoxy groups -OCH3 is 4. The summed E-state index contributed by atoms with van der Waals surface area (Å²) < 4.78 is 47.9. The molecule has 0 unspecified atom stereocenters. The number of esters is 2. The van der Waals surface area contributed by atoms with Gasteiger partial charge in [-0.3, -0.25) is 0 Å². The van der Waals surface area contributed by atoms with Crippen LogP contribution in [-0.4, -0.2) is 156 Å². The third-order valence-electron chi connectivity index (χ3n) is 8.34. The molecule has 292 valence electrons. The van der Waals surface area contributed by atoms with E-state index in [1.807, 2.05) is 0 Å². The Balaban J connectivity index is 1.50. The van der Waals surface area contributed by atoms with E-state index in [4.69, 9.17) is 42.6 Å². The lowest BCUT2D eigenvalue weighted by Crippen LogP contribution is -2.63. The van der Waals surface area contributed by atoms with Gasteiger partial charge in [0.1, 0.15) is 37.1 Å². The Labute approximate surface area is 302 Å². The molecule has 2 aromatic carbocycles. The van der Waals surface area contributed by atoms with Gasteiger partial charge in [0.25, 0.3) is 0 Å². The molecule has 0 aromatic heterocycles. The summed E-state index contributed by atoms with van der Waals surface area (Å²) in [5.41, 5.74) is 0.672. The molecule has 4 rings (SSSR count). The van der Waals surface area contributed by atoms with Crippen molar-refractivity contribution in [1.82, 2.24) is 0 Å². The number of ether oxygens (including phenoxy) is 9. The molecular formula is C34H42O19. The van der Waals surface area contributed by atoms with E-state index in [-0.39, 0.29) is 34.5 Å². The molecule has 0 aliphatic carbocycles. The van der Waals surface area contributed by atoms with E-state index in [0.717, 1.165) is 12.2 Å². The lowest BCUT2D eigenvalue weighted by molar-refractivity contribution is -0.383. The molecule has 0 spiro atoms. The molecule has 2 heterocycles. The maximum absolute atomic E-state index is 12.9. The summed E-state index contributed by atoms with van der Waals surface area (Å²) in [7, 11) is 5.24. The highest BCUT2D eigenvalue weighted by molar-refractivity contribution is 5.88. The zero-order valence-electron chi connectivity index (χ0n) is 28.9. The summed E-state index contributed by atoms with van der Waals surface area (Å²) in [6, 6.07) is 5.56. The molecule has 0 amide bonds. The van der Waals surface area contributed by atoms with Crippen LogP contribution in [-0.2, 0) is 33.3 Å². The van der Waals surface area contributed by atoms with Crippen LogP contribution in [0.3, 0.4) is 0 Å². The third-order valence-corrected chi connectivity index (χ3v) is 8.34. The maximum atomic E-state index is 12.9. The van der Waals surface area contributed by atoms with Crippen molar-refractivity contribution in [2.75, 3.05) is 48.3 Å². The maximum Gasteiger partial charge on any atom is 0.331 e. The second-order valence-corrected chi connectivity index (χ2v) is 11.6. The van der Waals surface area contributed by atoms with E-state index in [0.29, 0.717) is 11.1 Å². The van der Waals surface area contributed by atoms with Crippen LogP contribution in [0.5, 0.6) is 34.5 Å². The van der Waals surface area contributed by atoms with Crippen LogP contribution in [0, 0.1) is 0 Å². The normalized spacial score (nSPS) is 28.6. The van der Waals surface area contributed by atoms with Crippen molar-refractivity contribution in [1.29, 1.82) is 0 Å². The van der Waals surface area contributed by atoms with Gasteiger partial charge in [0.2, 0.25) is 17.3 Å². The molecule has 9 atom stereocenters. The van der Waals surface area contributed by atoms with E-state index in [1.54, 1.807) is 0 Å². The molecule has 19 heteroatoms. The number of rotatable bonds is 15. The van der Waals surface area contributed by atoms with Gasteiger partial charge in [-0.25, -0.2) is 9.59 Å². The van der Waals surface area contributed by atoms with Crippen LogP contribution in [0.2, 0.25) is 0 Å². The van der Waals surface area contributed by atoms with Gasteiger partial charge in [-0.2, -0.15) is 0 Å². The molecule has 0 radical (unpaired) electrons. The zero-order valence-corrected chi connectivity index (χ0v) is 28.9. The van der Waals surface area contributed by atoms with Gasteiger partial charge in [-0.1, -0.05) is 0 Å². The SMILES string of the molecule is COc1cc(/C=C/C(=O)O[C@H]2[C@H](O)[C@@H](O)[C@@H](O[C@]3(CO)O[C@H](CO)[C@@H](O)[C@@H]3OC(=O)/C=C/c3cc(OC)c(O)c(OC)c3)O[C@@H]2CO)cc(OC)c1O. The Morgan fingerprint density at radius 1 is 0.698 bits per heavy atom. The summed E-state index contributed by atoms with van der Waals surface area (Å²) in [6.45, 7) is -2.88. The molecule has 19 nitrogen and oxygen atoms in total. The predicted octanol–water partition coefficient (Wildman–Crippen LogP) is -1.42. The van der Waals surface area contributed by atoms with Crippen molar-refractivity contribution in [3.63, 3.8) is 0 Å². The lowest BCUT2D eigenvalue weighted by atomic mass is 9.98. The fourth-order valence-corrected chi connectivity index (χ4v) is 5.59. The van der Waals surface area contributed by atoms with E-state index in [2.05, 4.69) is 0 Å². The van der Waals surface area contributed by atoms with Crippen LogP contribution >= 0.6 is 0 Å². The van der Waals surface area contributed by atoms with Crippen molar-refractivity contribution >= 4 is 24.1 Å². The van der Waals surface area contributed by atoms with E-state index < -0.39 is 86.6 Å². The molecule has 8 N–H and O–H groups in total. The minimum absolute atomic E-state index is 0.0366. The van der Waals surface area contributed by atoms with E-state index in [9.17, 15) is 50.4 Å². The fraction of sp³-hybridized carbons (Fsp3) is 0.471. The van der Waals surface area contributed by atoms with Gasteiger partial charge < -0.3 is 83.5 Å². The lowest BCUT2D eigenvalue weighted by Gasteiger charge is -2.44. The van der Waals surface area contributed by atoms with Crippen molar-refractivity contribution in [2.24, 2.45) is 0 Å². The van der Waals surface area contributed by atoms with Crippen LogP contribution in [0.4, 0.5) is 0 Å². The predicted molar refractivity (Wildman–Crippen MR) is 177 cm³/mol. The summed E-state index contributed by atoms with van der Waals surface area (Å²) >= 11 is 0. The van der Waals surface area contributed by atoms with Crippen molar-refractivity contribution < 1.29 is 93.1 Å². The fourth-order valence-electron chi connectivity index (χ4n) is 5.59. The summed E-state index contributed by atoms with van der Waals surface area (Å²) in [5.74, 6) is -5.03. The number of benzene rings is 2. The quantitative estimate of drug-likeness (QED) is 0.0765. The van der Waals surface area contributed by atoms with Gasteiger partial charge in [0.15, 0.2) is 41.5 Å². The highest BCUT2D eigenvalue weighted by Gasteiger charge is 2.61. The van der Waals surface area contributed by atoms with Crippen molar-refractivity contribution in [3.05, 3.63) is 47.5 Å². The second kappa shape index (κ2) is 17.9. The van der Waals surface area contributed by atoms with Crippen LogP contribution < -0.4 is 18.9 Å². The van der Waals surface area contributed by atoms with Crippen molar-refractivity contribution in [3.8, 4) is 34.5 Å². The Morgan fingerprint density at radius 2 is 1.15 bits per heavy atom. The first-order valence-electron chi connectivity index (χ1n) is 15.8.